The summed E-state index contributed by atoms with van der Waals surface area (Å²) in [5.41, 5.74) is 2.22. The van der Waals surface area contributed by atoms with E-state index in [4.69, 9.17) is 14.7 Å². The normalized spacial score (nSPS) is 24.0. The van der Waals surface area contributed by atoms with Crippen LogP contribution in [0.1, 0.15) is 38.5 Å². The second-order valence-corrected chi connectivity index (χ2v) is 9.35. The highest BCUT2D eigenvalue weighted by Crippen LogP contribution is 2.41. The van der Waals surface area contributed by atoms with Gasteiger partial charge in [-0.1, -0.05) is 18.6 Å². The Balaban J connectivity index is 1.25. The molecule has 0 unspecified atom stereocenters. The van der Waals surface area contributed by atoms with Gasteiger partial charge in [-0.2, -0.15) is 0 Å². The summed E-state index contributed by atoms with van der Waals surface area (Å²) in [6.45, 7) is 7.65. The van der Waals surface area contributed by atoms with Gasteiger partial charge in [0.1, 0.15) is 5.66 Å². The highest BCUT2D eigenvalue weighted by molar-refractivity contribution is 5.99. The van der Waals surface area contributed by atoms with Crippen molar-refractivity contribution < 1.29 is 4.74 Å². The third-order valence-corrected chi connectivity index (χ3v) is 7.31. The van der Waals surface area contributed by atoms with Crippen LogP contribution in [-0.4, -0.2) is 78.0 Å². The molecule has 1 N–H and O–H groups in total. The summed E-state index contributed by atoms with van der Waals surface area (Å²) in [6.07, 6.45) is 7.25. The number of rotatable bonds is 4. The Bertz CT molecular complexity index is 958. The highest BCUT2D eigenvalue weighted by Gasteiger charge is 2.45. The Morgan fingerprint density at radius 1 is 1.00 bits per heavy atom. The molecular formula is C23H33N7O. The molecule has 8 heteroatoms. The van der Waals surface area contributed by atoms with Gasteiger partial charge in [-0.05, 0) is 50.8 Å². The van der Waals surface area contributed by atoms with E-state index in [0.717, 1.165) is 89.4 Å². The first-order chi connectivity index (χ1) is 15.3. The van der Waals surface area contributed by atoms with Crippen molar-refractivity contribution in [1.29, 1.82) is 0 Å². The number of hydrogen-bond acceptors (Lipinski definition) is 7. The van der Waals surface area contributed by atoms with Crippen molar-refractivity contribution in [2.24, 2.45) is 4.99 Å². The second kappa shape index (κ2) is 8.07. The number of aliphatic imine (C=N–C) groups is 1. The van der Waals surface area contributed by atoms with Crippen molar-refractivity contribution in [2.45, 2.75) is 44.2 Å². The van der Waals surface area contributed by atoms with E-state index in [1.807, 2.05) is 0 Å². The minimum Gasteiger partial charge on any atom is -0.379 e. The van der Waals surface area contributed by atoms with E-state index in [-0.39, 0.29) is 5.66 Å². The Hall–Kier alpha value is -2.16. The molecule has 1 spiro atoms. The highest BCUT2D eigenvalue weighted by atomic mass is 16.5. The molecule has 1 aliphatic carbocycles. The zero-order valence-corrected chi connectivity index (χ0v) is 18.3. The van der Waals surface area contributed by atoms with Crippen LogP contribution in [0.15, 0.2) is 29.3 Å². The average molecular weight is 424 g/mol. The molecule has 6 rings (SSSR count). The summed E-state index contributed by atoms with van der Waals surface area (Å²) >= 11 is 0. The number of anilines is 1. The fraction of sp³-hybridized carbons (Fsp3) is 0.652. The van der Waals surface area contributed by atoms with Gasteiger partial charge >= 0.3 is 0 Å². The molecule has 1 saturated carbocycles. The van der Waals surface area contributed by atoms with Crippen LogP contribution in [0.25, 0.3) is 11.0 Å². The smallest absolute Gasteiger partial charge is 0.216 e. The van der Waals surface area contributed by atoms with E-state index in [1.165, 1.54) is 24.8 Å². The lowest BCUT2D eigenvalue weighted by Crippen LogP contribution is -2.64. The maximum absolute atomic E-state index is 5.47. The summed E-state index contributed by atoms with van der Waals surface area (Å²) < 4.78 is 7.95. The standard InChI is InChI=1S/C23H33N7O/c1-4-9-23(10-5-1)26-21-24-17-28(12-6-11-27-13-15-31-16-14-27)18-29(21)22-25-19-7-2-3-8-20(19)30(22)23/h2-3,7-8H,1,4-6,9-18H2,(H,24,26). The number of nitrogens with one attached hydrogen (secondary N) is 1. The summed E-state index contributed by atoms with van der Waals surface area (Å²) in [5.74, 6) is 2.06. The quantitative estimate of drug-likeness (QED) is 0.815. The van der Waals surface area contributed by atoms with Gasteiger partial charge in [0.05, 0.1) is 37.6 Å². The largest absolute Gasteiger partial charge is 0.379 e. The van der Waals surface area contributed by atoms with Crippen LogP contribution in [0.4, 0.5) is 5.95 Å². The number of imidazole rings is 1. The van der Waals surface area contributed by atoms with Crippen LogP contribution in [0.5, 0.6) is 0 Å². The third-order valence-electron chi connectivity index (χ3n) is 7.31. The molecule has 8 nitrogen and oxygen atoms in total. The van der Waals surface area contributed by atoms with Gasteiger partial charge in [-0.15, -0.1) is 0 Å². The number of hydrogen-bond donors (Lipinski definition) is 1. The topological polar surface area (TPSA) is 61.2 Å². The molecule has 0 bridgehead atoms. The Morgan fingerprint density at radius 2 is 1.81 bits per heavy atom. The Morgan fingerprint density at radius 3 is 2.68 bits per heavy atom. The van der Waals surface area contributed by atoms with Crippen molar-refractivity contribution >= 4 is 22.9 Å². The summed E-state index contributed by atoms with van der Waals surface area (Å²) in [7, 11) is 0. The van der Waals surface area contributed by atoms with Crippen LogP contribution < -0.4 is 10.2 Å². The minimum absolute atomic E-state index is 0.0858. The first-order valence-corrected chi connectivity index (χ1v) is 11.9. The van der Waals surface area contributed by atoms with Crippen LogP contribution in [0, 0.1) is 0 Å². The number of morpholine rings is 1. The van der Waals surface area contributed by atoms with Crippen molar-refractivity contribution in [3.63, 3.8) is 0 Å². The molecule has 31 heavy (non-hydrogen) atoms. The van der Waals surface area contributed by atoms with E-state index in [2.05, 4.69) is 48.8 Å². The molecule has 3 aliphatic heterocycles. The van der Waals surface area contributed by atoms with Crippen molar-refractivity contribution in [2.75, 3.05) is 57.6 Å². The lowest BCUT2D eigenvalue weighted by molar-refractivity contribution is 0.0361. The summed E-state index contributed by atoms with van der Waals surface area (Å²) in [5, 5.41) is 3.88. The van der Waals surface area contributed by atoms with E-state index in [1.54, 1.807) is 0 Å². The number of nitrogens with zero attached hydrogens (tertiary/aromatic N) is 6. The zero-order chi connectivity index (χ0) is 20.7. The fourth-order valence-electron chi connectivity index (χ4n) is 5.68. The number of guanidine groups is 1. The van der Waals surface area contributed by atoms with Gasteiger partial charge in [0, 0.05) is 19.6 Å². The maximum Gasteiger partial charge on any atom is 0.216 e. The van der Waals surface area contributed by atoms with Crippen molar-refractivity contribution in [3.8, 4) is 0 Å². The van der Waals surface area contributed by atoms with Gasteiger partial charge in [-0.3, -0.25) is 19.3 Å². The zero-order valence-electron chi connectivity index (χ0n) is 18.3. The monoisotopic (exact) mass is 423 g/mol. The first kappa shape index (κ1) is 19.5. The molecule has 2 fully saturated rings. The van der Waals surface area contributed by atoms with Crippen LogP contribution in [-0.2, 0) is 10.4 Å². The van der Waals surface area contributed by atoms with Crippen LogP contribution >= 0.6 is 0 Å². The summed E-state index contributed by atoms with van der Waals surface area (Å²) in [4.78, 5) is 17.3. The number of fused-ring (bicyclic) bond motifs is 6. The van der Waals surface area contributed by atoms with Gasteiger partial charge in [0.25, 0.3) is 0 Å². The van der Waals surface area contributed by atoms with E-state index >= 15 is 0 Å². The first-order valence-electron chi connectivity index (χ1n) is 11.9. The molecule has 4 heterocycles. The maximum atomic E-state index is 5.47. The van der Waals surface area contributed by atoms with Gasteiger partial charge in [-0.25, -0.2) is 9.98 Å². The predicted molar refractivity (Wildman–Crippen MR) is 122 cm³/mol. The number of benzene rings is 1. The number of aromatic nitrogens is 2. The van der Waals surface area contributed by atoms with E-state index < -0.39 is 0 Å². The molecule has 166 valence electrons. The van der Waals surface area contributed by atoms with Gasteiger partial charge in [0.2, 0.25) is 11.9 Å². The average Bonchev–Trinajstić information content (AvgIpc) is 3.22. The molecule has 1 aromatic heterocycles. The summed E-state index contributed by atoms with van der Waals surface area (Å²) in [6, 6.07) is 8.57. The number of ether oxygens (including phenoxy) is 1. The molecule has 2 aromatic rings. The number of para-hydroxylation sites is 2. The fourth-order valence-corrected chi connectivity index (χ4v) is 5.68. The SMILES string of the molecule is c1ccc2c(c1)nc1n2C2(CCCCC2)NC2=NCN(CCCN3CCOCC3)CN21. The molecule has 0 radical (unpaired) electrons. The van der Waals surface area contributed by atoms with Gasteiger partial charge < -0.3 is 10.1 Å². The molecule has 0 amide bonds. The lowest BCUT2D eigenvalue weighted by Gasteiger charge is -2.49. The predicted octanol–water partition coefficient (Wildman–Crippen LogP) is 2.37. The lowest BCUT2D eigenvalue weighted by atomic mass is 9.88. The second-order valence-electron chi connectivity index (χ2n) is 9.35. The van der Waals surface area contributed by atoms with Crippen molar-refractivity contribution in [1.82, 2.24) is 24.7 Å². The Kier molecular flexibility index (Phi) is 5.08. The molecule has 1 saturated heterocycles. The van der Waals surface area contributed by atoms with E-state index in [0.29, 0.717) is 0 Å². The van der Waals surface area contributed by atoms with E-state index in [9.17, 15) is 0 Å². The van der Waals surface area contributed by atoms with Crippen LogP contribution in [0.3, 0.4) is 0 Å². The molecule has 4 aliphatic rings. The minimum atomic E-state index is -0.0858. The molecular weight excluding hydrogens is 390 g/mol. The third kappa shape index (κ3) is 3.50. The molecule has 0 atom stereocenters. The molecule has 1 aromatic carbocycles. The van der Waals surface area contributed by atoms with Crippen molar-refractivity contribution in [3.05, 3.63) is 24.3 Å². The van der Waals surface area contributed by atoms with Crippen LogP contribution in [0.2, 0.25) is 0 Å². The van der Waals surface area contributed by atoms with Gasteiger partial charge in [0.15, 0.2) is 0 Å². The Labute approximate surface area is 183 Å².